The van der Waals surface area contributed by atoms with Gasteiger partial charge in [0.2, 0.25) is 0 Å². The highest BCUT2D eigenvalue weighted by atomic mass is 79.9. The van der Waals surface area contributed by atoms with Gasteiger partial charge in [0.1, 0.15) is 24.2 Å². The monoisotopic (exact) mass is 347 g/mol. The van der Waals surface area contributed by atoms with E-state index in [1.807, 2.05) is 24.3 Å². The minimum absolute atomic E-state index is 0.0757. The van der Waals surface area contributed by atoms with Gasteiger partial charge in [0.05, 0.1) is 0 Å². The van der Waals surface area contributed by atoms with E-state index in [2.05, 4.69) is 35.0 Å². The number of hydrogen-bond donors (Lipinski definition) is 1. The van der Waals surface area contributed by atoms with Gasteiger partial charge in [-0.15, -0.1) is 0 Å². The van der Waals surface area contributed by atoms with E-state index in [9.17, 15) is 0 Å². The molecule has 110 valence electrons. The minimum Gasteiger partial charge on any atom is -0.490 e. The fourth-order valence-corrected chi connectivity index (χ4v) is 2.94. The van der Waals surface area contributed by atoms with Crippen LogP contribution in [0.25, 0.3) is 0 Å². The molecule has 1 aliphatic heterocycles. The molecule has 0 aromatic heterocycles. The first-order chi connectivity index (χ1) is 10.2. The second-order valence-corrected chi connectivity index (χ2v) is 6.18. The summed E-state index contributed by atoms with van der Waals surface area (Å²) in [6.07, 6.45) is 0.976. The molecule has 1 atom stereocenters. The van der Waals surface area contributed by atoms with Crippen LogP contribution in [0.15, 0.2) is 40.9 Å². The van der Waals surface area contributed by atoms with Crippen molar-refractivity contribution in [1.29, 1.82) is 0 Å². The first-order valence-electron chi connectivity index (χ1n) is 7.03. The molecule has 1 aliphatic rings. The van der Waals surface area contributed by atoms with E-state index in [0.29, 0.717) is 13.2 Å². The van der Waals surface area contributed by atoms with Crippen molar-refractivity contribution in [3.63, 3.8) is 0 Å². The zero-order chi connectivity index (χ0) is 14.8. The molecule has 2 aromatic rings. The molecule has 0 saturated heterocycles. The number of nitrogens with two attached hydrogens (primary N) is 1. The van der Waals surface area contributed by atoms with Crippen LogP contribution in [0.5, 0.6) is 11.5 Å². The molecule has 0 saturated carbocycles. The van der Waals surface area contributed by atoms with E-state index in [4.69, 9.17) is 15.2 Å². The van der Waals surface area contributed by atoms with Gasteiger partial charge in [-0.05, 0) is 42.3 Å². The Bertz CT molecular complexity index is 657. The summed E-state index contributed by atoms with van der Waals surface area (Å²) in [7, 11) is 0. The summed E-state index contributed by atoms with van der Waals surface area (Å²) in [4.78, 5) is 0. The van der Waals surface area contributed by atoms with E-state index < -0.39 is 0 Å². The molecule has 3 rings (SSSR count). The van der Waals surface area contributed by atoms with Crippen molar-refractivity contribution in [2.45, 2.75) is 26.0 Å². The van der Waals surface area contributed by atoms with Crippen molar-refractivity contribution in [3.05, 3.63) is 57.6 Å². The fraction of sp³-hybridized carbons (Fsp3) is 0.294. The van der Waals surface area contributed by atoms with Crippen LogP contribution in [0.2, 0.25) is 0 Å². The molecule has 3 nitrogen and oxygen atoms in total. The summed E-state index contributed by atoms with van der Waals surface area (Å²) >= 11 is 3.47. The quantitative estimate of drug-likeness (QED) is 0.918. The van der Waals surface area contributed by atoms with Gasteiger partial charge in [-0.25, -0.2) is 0 Å². The number of rotatable bonds is 4. The highest BCUT2D eigenvalue weighted by Gasteiger charge is 2.23. The highest BCUT2D eigenvalue weighted by molar-refractivity contribution is 9.10. The van der Waals surface area contributed by atoms with Crippen LogP contribution in [0, 0.1) is 6.92 Å². The summed E-state index contributed by atoms with van der Waals surface area (Å²) in [6.45, 7) is 3.13. The van der Waals surface area contributed by atoms with Gasteiger partial charge in [-0.1, -0.05) is 33.6 Å². The summed E-state index contributed by atoms with van der Waals surface area (Å²) in [5.74, 6) is 1.81. The van der Waals surface area contributed by atoms with E-state index in [1.54, 1.807) is 0 Å². The molecule has 0 fully saturated rings. The van der Waals surface area contributed by atoms with E-state index >= 15 is 0 Å². The minimum atomic E-state index is 0.0757. The molecule has 1 unspecified atom stereocenters. The Morgan fingerprint density at radius 2 is 2.14 bits per heavy atom. The fourth-order valence-electron chi connectivity index (χ4n) is 2.53. The molecule has 4 heteroatoms. The molecule has 2 N–H and O–H groups in total. The smallest absolute Gasteiger partial charge is 0.137 e. The van der Waals surface area contributed by atoms with Crippen LogP contribution in [-0.4, -0.2) is 12.7 Å². The number of hydrogen-bond acceptors (Lipinski definition) is 3. The third kappa shape index (κ3) is 3.22. The van der Waals surface area contributed by atoms with E-state index in [0.717, 1.165) is 28.0 Å². The average molecular weight is 348 g/mol. The van der Waals surface area contributed by atoms with Gasteiger partial charge in [0, 0.05) is 17.4 Å². The Hall–Kier alpha value is -1.52. The Kier molecular flexibility index (Phi) is 4.17. The topological polar surface area (TPSA) is 44.5 Å². The van der Waals surface area contributed by atoms with Crippen LogP contribution in [0.3, 0.4) is 0 Å². The van der Waals surface area contributed by atoms with Crippen LogP contribution < -0.4 is 15.2 Å². The third-order valence-electron chi connectivity index (χ3n) is 3.63. The van der Waals surface area contributed by atoms with Crippen LogP contribution >= 0.6 is 15.9 Å². The zero-order valence-corrected chi connectivity index (χ0v) is 13.5. The summed E-state index contributed by atoms with van der Waals surface area (Å²) in [5.41, 5.74) is 9.27. The molecule has 21 heavy (non-hydrogen) atoms. The maximum Gasteiger partial charge on any atom is 0.137 e. The first-order valence-corrected chi connectivity index (χ1v) is 7.82. The lowest BCUT2D eigenvalue weighted by atomic mass is 10.1. The van der Waals surface area contributed by atoms with Gasteiger partial charge in [0.25, 0.3) is 0 Å². The number of halogens is 1. The molecular formula is C17H18BrNO2. The van der Waals surface area contributed by atoms with Crippen molar-refractivity contribution >= 4 is 15.9 Å². The Labute approximate surface area is 133 Å². The Morgan fingerprint density at radius 3 is 2.95 bits per heavy atom. The standard InChI is InChI=1S/C17H18BrNO2/c1-11-2-5-17-12(6-11)7-15(21-17)10-20-14-3-4-16(18)13(8-14)9-19/h2-6,8,15H,7,9-10,19H2,1H3. The van der Waals surface area contributed by atoms with E-state index in [-0.39, 0.29) is 6.10 Å². The molecule has 0 radical (unpaired) electrons. The van der Waals surface area contributed by atoms with Crippen LogP contribution in [0.1, 0.15) is 16.7 Å². The van der Waals surface area contributed by atoms with Crippen molar-refractivity contribution in [2.75, 3.05) is 6.61 Å². The van der Waals surface area contributed by atoms with Gasteiger partial charge >= 0.3 is 0 Å². The largest absolute Gasteiger partial charge is 0.490 e. The van der Waals surface area contributed by atoms with Crippen molar-refractivity contribution < 1.29 is 9.47 Å². The maximum atomic E-state index is 5.90. The maximum absolute atomic E-state index is 5.90. The molecule has 0 aliphatic carbocycles. The Balaban J connectivity index is 1.62. The highest BCUT2D eigenvalue weighted by Crippen LogP contribution is 2.30. The first kappa shape index (κ1) is 14.4. The van der Waals surface area contributed by atoms with Crippen molar-refractivity contribution in [1.82, 2.24) is 0 Å². The normalized spacial score (nSPS) is 16.4. The average Bonchev–Trinajstić information content (AvgIpc) is 2.88. The summed E-state index contributed by atoms with van der Waals surface area (Å²) < 4.78 is 12.8. The van der Waals surface area contributed by atoms with Crippen molar-refractivity contribution in [2.24, 2.45) is 5.73 Å². The summed E-state index contributed by atoms with van der Waals surface area (Å²) in [5, 5.41) is 0. The second-order valence-electron chi connectivity index (χ2n) is 5.32. The van der Waals surface area contributed by atoms with Crippen molar-refractivity contribution in [3.8, 4) is 11.5 Å². The lowest BCUT2D eigenvalue weighted by Crippen LogP contribution is -2.22. The van der Waals surface area contributed by atoms with Gasteiger partial charge < -0.3 is 15.2 Å². The van der Waals surface area contributed by atoms with Gasteiger partial charge in [-0.3, -0.25) is 0 Å². The number of benzene rings is 2. The zero-order valence-electron chi connectivity index (χ0n) is 11.9. The lowest BCUT2D eigenvalue weighted by molar-refractivity contribution is 0.148. The van der Waals surface area contributed by atoms with Gasteiger partial charge in [0.15, 0.2) is 0 Å². The number of aryl methyl sites for hydroxylation is 1. The summed E-state index contributed by atoms with van der Waals surface area (Å²) in [6, 6.07) is 12.2. The molecule has 0 spiro atoms. The molecule has 0 amide bonds. The SMILES string of the molecule is Cc1ccc2c(c1)CC(COc1ccc(Br)c(CN)c1)O2. The Morgan fingerprint density at radius 1 is 1.29 bits per heavy atom. The predicted octanol–water partition coefficient (Wildman–Crippen LogP) is 3.60. The van der Waals surface area contributed by atoms with Crippen LogP contribution in [-0.2, 0) is 13.0 Å². The third-order valence-corrected chi connectivity index (χ3v) is 4.40. The van der Waals surface area contributed by atoms with Gasteiger partial charge in [-0.2, -0.15) is 0 Å². The number of fused-ring (bicyclic) bond motifs is 1. The predicted molar refractivity (Wildman–Crippen MR) is 86.8 cm³/mol. The second kappa shape index (κ2) is 6.08. The van der Waals surface area contributed by atoms with E-state index in [1.165, 1.54) is 11.1 Å². The molecule has 2 aromatic carbocycles. The molecule has 0 bridgehead atoms. The lowest BCUT2D eigenvalue weighted by Gasteiger charge is -2.13. The molecule has 1 heterocycles. The number of ether oxygens (including phenoxy) is 2. The van der Waals surface area contributed by atoms with Crippen LogP contribution in [0.4, 0.5) is 0 Å². The molecular weight excluding hydrogens is 330 g/mol.